The summed E-state index contributed by atoms with van der Waals surface area (Å²) in [6.45, 7) is 2.57. The minimum absolute atomic E-state index is 0.187. The molecule has 1 unspecified atom stereocenters. The van der Waals surface area contributed by atoms with Gasteiger partial charge in [0.05, 0.1) is 0 Å². The normalized spacial score (nSPS) is 16.8. The summed E-state index contributed by atoms with van der Waals surface area (Å²) in [5.41, 5.74) is 1.68. The van der Waals surface area contributed by atoms with E-state index in [1.54, 1.807) is 7.05 Å². The highest BCUT2D eigenvalue weighted by molar-refractivity contribution is 5.80. The van der Waals surface area contributed by atoms with Crippen LogP contribution in [0.15, 0.2) is 53.5 Å². The molecule has 7 heteroatoms. The Morgan fingerprint density at radius 3 is 2.67 bits per heavy atom. The lowest BCUT2D eigenvalue weighted by Gasteiger charge is -2.18. The largest absolute Gasteiger partial charge is 0.356 e. The van der Waals surface area contributed by atoms with Crippen LogP contribution in [0.1, 0.15) is 17.5 Å². The third-order valence-electron chi connectivity index (χ3n) is 5.29. The predicted molar refractivity (Wildman–Crippen MR) is 114 cm³/mol. The van der Waals surface area contributed by atoms with Crippen LogP contribution in [0.25, 0.3) is 0 Å². The van der Waals surface area contributed by atoms with Crippen molar-refractivity contribution in [2.75, 3.05) is 33.2 Å². The Labute approximate surface area is 176 Å². The molecule has 0 spiro atoms. The van der Waals surface area contributed by atoms with Gasteiger partial charge in [0.15, 0.2) is 5.96 Å². The van der Waals surface area contributed by atoms with Crippen LogP contribution in [0.4, 0.5) is 8.78 Å². The van der Waals surface area contributed by atoms with E-state index in [2.05, 4.69) is 27.8 Å². The second kappa shape index (κ2) is 10.7. The monoisotopic (exact) mass is 414 g/mol. The van der Waals surface area contributed by atoms with Crippen molar-refractivity contribution in [3.05, 3.63) is 71.3 Å². The first-order chi connectivity index (χ1) is 14.5. The van der Waals surface area contributed by atoms with Crippen LogP contribution >= 0.6 is 0 Å². The SMILES string of the molecule is CN=C(NCCc1ccc(F)cc1F)NCC1CC(=O)N(CCc2ccccc2)C1. The number of nitrogens with one attached hydrogen (secondary N) is 2. The maximum atomic E-state index is 13.7. The standard InChI is InChI=1S/C23H28F2N4O/c1-26-23(27-11-9-19-7-8-20(24)14-21(19)25)28-15-18-13-22(30)29(16-18)12-10-17-5-3-2-4-6-17/h2-8,14,18H,9-13,15-16H2,1H3,(H2,26,27,28). The number of hydrogen-bond donors (Lipinski definition) is 2. The molecule has 160 valence electrons. The first-order valence-electron chi connectivity index (χ1n) is 10.3. The average molecular weight is 415 g/mol. The number of benzene rings is 2. The minimum Gasteiger partial charge on any atom is -0.356 e. The van der Waals surface area contributed by atoms with Crippen molar-refractivity contribution in [3.8, 4) is 0 Å². The zero-order valence-electron chi connectivity index (χ0n) is 17.2. The quantitative estimate of drug-likeness (QED) is 0.516. The van der Waals surface area contributed by atoms with Gasteiger partial charge in [-0.15, -0.1) is 0 Å². The van der Waals surface area contributed by atoms with Crippen molar-refractivity contribution >= 4 is 11.9 Å². The summed E-state index contributed by atoms with van der Waals surface area (Å²) in [6.07, 6.45) is 1.80. The molecule has 5 nitrogen and oxygen atoms in total. The number of carbonyl (C=O) groups excluding carboxylic acids is 1. The summed E-state index contributed by atoms with van der Waals surface area (Å²) in [6, 6.07) is 13.8. The average Bonchev–Trinajstić information content (AvgIpc) is 3.10. The molecule has 3 rings (SSSR count). The van der Waals surface area contributed by atoms with E-state index in [1.807, 2.05) is 23.1 Å². The van der Waals surface area contributed by atoms with E-state index in [9.17, 15) is 13.6 Å². The van der Waals surface area contributed by atoms with Crippen molar-refractivity contribution in [2.24, 2.45) is 10.9 Å². The lowest BCUT2D eigenvalue weighted by atomic mass is 10.1. The van der Waals surface area contributed by atoms with Crippen molar-refractivity contribution < 1.29 is 13.6 Å². The number of guanidine groups is 1. The number of aliphatic imine (C=N–C) groups is 1. The molecule has 0 aromatic heterocycles. The molecular weight excluding hydrogens is 386 g/mol. The molecule has 1 aliphatic heterocycles. The van der Waals surface area contributed by atoms with E-state index in [4.69, 9.17) is 0 Å². The highest BCUT2D eigenvalue weighted by atomic mass is 19.1. The molecular formula is C23H28F2N4O. The van der Waals surface area contributed by atoms with Crippen molar-refractivity contribution in [3.63, 3.8) is 0 Å². The van der Waals surface area contributed by atoms with Crippen LogP contribution in [0.5, 0.6) is 0 Å². The second-order valence-electron chi connectivity index (χ2n) is 7.51. The highest BCUT2D eigenvalue weighted by Gasteiger charge is 2.29. The number of halogens is 2. The number of likely N-dealkylation sites (tertiary alicyclic amines) is 1. The molecule has 0 bridgehead atoms. The van der Waals surface area contributed by atoms with E-state index in [-0.39, 0.29) is 11.8 Å². The molecule has 0 aliphatic carbocycles. The Morgan fingerprint density at radius 1 is 1.13 bits per heavy atom. The van der Waals surface area contributed by atoms with Crippen LogP contribution in [0.3, 0.4) is 0 Å². The van der Waals surface area contributed by atoms with Gasteiger partial charge >= 0.3 is 0 Å². The fourth-order valence-corrected chi connectivity index (χ4v) is 3.62. The molecule has 2 aromatic rings. The van der Waals surface area contributed by atoms with Gasteiger partial charge in [0, 0.05) is 51.6 Å². The van der Waals surface area contributed by atoms with Crippen LogP contribution in [0.2, 0.25) is 0 Å². The van der Waals surface area contributed by atoms with Crippen LogP contribution in [-0.4, -0.2) is 50.0 Å². The third kappa shape index (κ3) is 6.27. The van der Waals surface area contributed by atoms with Gasteiger partial charge in [0.25, 0.3) is 0 Å². The third-order valence-corrected chi connectivity index (χ3v) is 5.29. The summed E-state index contributed by atoms with van der Waals surface area (Å²) in [5, 5.41) is 6.38. The van der Waals surface area contributed by atoms with Gasteiger partial charge in [-0.3, -0.25) is 9.79 Å². The number of carbonyl (C=O) groups is 1. The topological polar surface area (TPSA) is 56.7 Å². The first-order valence-corrected chi connectivity index (χ1v) is 10.3. The molecule has 1 atom stereocenters. The molecule has 2 aromatic carbocycles. The van der Waals surface area contributed by atoms with E-state index >= 15 is 0 Å². The number of nitrogens with zero attached hydrogens (tertiary/aromatic N) is 2. The molecule has 1 saturated heterocycles. The summed E-state index contributed by atoms with van der Waals surface area (Å²) in [5.74, 6) is -0.105. The van der Waals surface area contributed by atoms with Crippen LogP contribution < -0.4 is 10.6 Å². The lowest BCUT2D eigenvalue weighted by molar-refractivity contribution is -0.127. The van der Waals surface area contributed by atoms with Gasteiger partial charge in [-0.05, 0) is 30.0 Å². The van der Waals surface area contributed by atoms with Crippen LogP contribution in [0, 0.1) is 17.6 Å². The molecule has 0 radical (unpaired) electrons. The lowest BCUT2D eigenvalue weighted by Crippen LogP contribution is -2.41. The highest BCUT2D eigenvalue weighted by Crippen LogP contribution is 2.17. The first kappa shape index (κ1) is 21.7. The summed E-state index contributed by atoms with van der Waals surface area (Å²) in [7, 11) is 1.67. The van der Waals surface area contributed by atoms with Crippen molar-refractivity contribution in [2.45, 2.75) is 19.3 Å². The Kier molecular flexibility index (Phi) is 7.76. The van der Waals surface area contributed by atoms with Gasteiger partial charge in [0.1, 0.15) is 11.6 Å². The maximum absolute atomic E-state index is 13.7. The van der Waals surface area contributed by atoms with Gasteiger partial charge in [-0.2, -0.15) is 0 Å². The fraction of sp³-hybridized carbons (Fsp3) is 0.391. The Hall–Kier alpha value is -2.96. The van der Waals surface area contributed by atoms with E-state index in [0.717, 1.165) is 25.6 Å². The Bertz CT molecular complexity index is 873. The van der Waals surface area contributed by atoms with E-state index in [0.29, 0.717) is 37.5 Å². The predicted octanol–water partition coefficient (Wildman–Crippen LogP) is 2.76. The number of rotatable bonds is 8. The molecule has 1 aliphatic rings. The fourth-order valence-electron chi connectivity index (χ4n) is 3.62. The zero-order valence-corrected chi connectivity index (χ0v) is 17.2. The van der Waals surface area contributed by atoms with Gasteiger partial charge in [-0.1, -0.05) is 36.4 Å². The number of hydrogen-bond acceptors (Lipinski definition) is 2. The summed E-state index contributed by atoms with van der Waals surface area (Å²) < 4.78 is 26.7. The van der Waals surface area contributed by atoms with E-state index in [1.165, 1.54) is 17.7 Å². The zero-order chi connectivity index (χ0) is 21.3. The summed E-state index contributed by atoms with van der Waals surface area (Å²) >= 11 is 0. The molecule has 1 heterocycles. The molecule has 2 N–H and O–H groups in total. The second-order valence-corrected chi connectivity index (χ2v) is 7.51. The smallest absolute Gasteiger partial charge is 0.223 e. The number of amides is 1. The van der Waals surface area contributed by atoms with Crippen molar-refractivity contribution in [1.29, 1.82) is 0 Å². The van der Waals surface area contributed by atoms with E-state index < -0.39 is 11.6 Å². The minimum atomic E-state index is -0.578. The van der Waals surface area contributed by atoms with Crippen molar-refractivity contribution in [1.82, 2.24) is 15.5 Å². The molecule has 1 fully saturated rings. The summed E-state index contributed by atoms with van der Waals surface area (Å²) in [4.78, 5) is 18.4. The van der Waals surface area contributed by atoms with Gasteiger partial charge < -0.3 is 15.5 Å². The van der Waals surface area contributed by atoms with Crippen LogP contribution in [-0.2, 0) is 17.6 Å². The molecule has 30 heavy (non-hydrogen) atoms. The molecule has 1 amide bonds. The van der Waals surface area contributed by atoms with Gasteiger partial charge in [0.2, 0.25) is 5.91 Å². The maximum Gasteiger partial charge on any atom is 0.223 e. The molecule has 0 saturated carbocycles. The van der Waals surface area contributed by atoms with Gasteiger partial charge in [-0.25, -0.2) is 8.78 Å². The Morgan fingerprint density at radius 2 is 1.93 bits per heavy atom. The Balaban J connectivity index is 1.39.